The predicted molar refractivity (Wildman–Crippen MR) is 82.3 cm³/mol. The Labute approximate surface area is 131 Å². The van der Waals surface area contributed by atoms with Crippen LogP contribution in [0.5, 0.6) is 5.88 Å². The molecule has 5 heteroatoms. The van der Waals surface area contributed by atoms with E-state index in [4.69, 9.17) is 4.74 Å². The summed E-state index contributed by atoms with van der Waals surface area (Å²) in [5.74, 6) is 0.290. The molecule has 2 fully saturated rings. The number of pyridine rings is 1. The smallest absolute Gasteiger partial charge is 0.225 e. The number of aliphatic hydroxyl groups is 1. The molecule has 0 spiro atoms. The maximum absolute atomic E-state index is 12.2. The van der Waals surface area contributed by atoms with Crippen molar-refractivity contribution in [3.8, 4) is 5.88 Å². The summed E-state index contributed by atoms with van der Waals surface area (Å²) in [4.78, 5) is 16.5. The van der Waals surface area contributed by atoms with Crippen LogP contribution in [0.15, 0.2) is 18.3 Å². The molecule has 22 heavy (non-hydrogen) atoms. The van der Waals surface area contributed by atoms with Crippen molar-refractivity contribution in [2.45, 2.75) is 63.7 Å². The molecule has 0 radical (unpaired) electrons. The molecule has 2 aliphatic carbocycles. The van der Waals surface area contributed by atoms with Gasteiger partial charge in [0.1, 0.15) is 6.10 Å². The lowest BCUT2D eigenvalue weighted by Crippen LogP contribution is -2.34. The summed E-state index contributed by atoms with van der Waals surface area (Å²) in [7, 11) is 0. The van der Waals surface area contributed by atoms with Gasteiger partial charge in [0.2, 0.25) is 11.8 Å². The number of nitrogens with one attached hydrogen (secondary N) is 1. The van der Waals surface area contributed by atoms with E-state index in [2.05, 4.69) is 10.3 Å². The molecule has 0 bridgehead atoms. The van der Waals surface area contributed by atoms with Crippen molar-refractivity contribution < 1.29 is 14.6 Å². The third kappa shape index (κ3) is 3.58. The van der Waals surface area contributed by atoms with E-state index in [1.54, 1.807) is 6.20 Å². The molecule has 1 aromatic heterocycles. The summed E-state index contributed by atoms with van der Waals surface area (Å²) in [5, 5.41) is 12.7. The van der Waals surface area contributed by atoms with E-state index in [0.717, 1.165) is 37.7 Å². The van der Waals surface area contributed by atoms with Gasteiger partial charge in [0.25, 0.3) is 0 Å². The van der Waals surface area contributed by atoms with E-state index in [-0.39, 0.29) is 17.9 Å². The van der Waals surface area contributed by atoms with Crippen LogP contribution in [0.25, 0.3) is 0 Å². The highest BCUT2D eigenvalue weighted by molar-refractivity contribution is 5.79. The first-order valence-corrected chi connectivity index (χ1v) is 8.30. The average Bonchev–Trinajstić information content (AvgIpc) is 3.17. The first-order valence-electron chi connectivity index (χ1n) is 8.30. The van der Waals surface area contributed by atoms with Crippen LogP contribution in [-0.4, -0.2) is 28.2 Å². The average molecular weight is 304 g/mol. The molecule has 3 rings (SSSR count). The molecule has 0 aromatic carbocycles. The number of aliphatic hydroxyl groups excluding tert-OH is 1. The Morgan fingerprint density at radius 3 is 2.82 bits per heavy atom. The number of rotatable bonds is 5. The van der Waals surface area contributed by atoms with Crippen LogP contribution in [0.3, 0.4) is 0 Å². The second-order valence-corrected chi connectivity index (χ2v) is 6.31. The fraction of sp³-hybridized carbons (Fsp3) is 0.647. The number of aromatic nitrogens is 1. The first kappa shape index (κ1) is 15.3. The van der Waals surface area contributed by atoms with E-state index in [9.17, 15) is 9.90 Å². The molecule has 2 saturated carbocycles. The molecular weight excluding hydrogens is 280 g/mol. The molecule has 1 aromatic rings. The van der Waals surface area contributed by atoms with Gasteiger partial charge in [-0.1, -0.05) is 6.07 Å². The third-order valence-electron chi connectivity index (χ3n) is 4.70. The molecule has 0 aliphatic heterocycles. The van der Waals surface area contributed by atoms with Gasteiger partial charge in [-0.2, -0.15) is 0 Å². The summed E-state index contributed by atoms with van der Waals surface area (Å²) >= 11 is 0. The molecule has 1 heterocycles. The Morgan fingerprint density at radius 2 is 2.09 bits per heavy atom. The van der Waals surface area contributed by atoms with Gasteiger partial charge in [-0.05, 0) is 51.0 Å². The summed E-state index contributed by atoms with van der Waals surface area (Å²) in [6.45, 7) is 0.401. The fourth-order valence-electron chi connectivity index (χ4n) is 3.39. The van der Waals surface area contributed by atoms with Crippen molar-refractivity contribution >= 4 is 5.91 Å². The number of nitrogens with zero attached hydrogens (tertiary/aromatic N) is 1. The Kier molecular flexibility index (Phi) is 4.93. The van der Waals surface area contributed by atoms with Gasteiger partial charge in [-0.3, -0.25) is 4.79 Å². The van der Waals surface area contributed by atoms with Crippen LogP contribution in [-0.2, 0) is 11.3 Å². The molecule has 2 unspecified atom stereocenters. The van der Waals surface area contributed by atoms with Crippen molar-refractivity contribution in [1.29, 1.82) is 0 Å². The zero-order valence-corrected chi connectivity index (χ0v) is 12.8. The molecule has 120 valence electrons. The summed E-state index contributed by atoms with van der Waals surface area (Å²) in [6.07, 6.45) is 8.47. The van der Waals surface area contributed by atoms with Crippen LogP contribution >= 0.6 is 0 Å². The standard InChI is InChI=1S/C17H24N2O3/c20-15-9-3-8-14(15)16(21)19-11-12-5-4-10-18-17(12)22-13-6-1-2-7-13/h4-5,10,13-15,20H,1-3,6-9,11H2,(H,19,21). The number of carbonyl (C=O) groups excluding carboxylic acids is 1. The number of ether oxygens (including phenoxy) is 1. The van der Waals surface area contributed by atoms with E-state index in [1.165, 1.54) is 12.8 Å². The molecular formula is C17H24N2O3. The minimum absolute atomic E-state index is 0.0688. The van der Waals surface area contributed by atoms with Crippen molar-refractivity contribution in [2.24, 2.45) is 5.92 Å². The zero-order valence-electron chi connectivity index (χ0n) is 12.8. The molecule has 1 amide bonds. The summed E-state index contributed by atoms with van der Waals surface area (Å²) in [5.41, 5.74) is 0.898. The highest BCUT2D eigenvalue weighted by Gasteiger charge is 2.31. The number of carbonyl (C=O) groups is 1. The largest absolute Gasteiger partial charge is 0.474 e. The van der Waals surface area contributed by atoms with Crippen molar-refractivity contribution in [1.82, 2.24) is 10.3 Å². The van der Waals surface area contributed by atoms with Crippen LogP contribution in [0.4, 0.5) is 0 Å². The van der Waals surface area contributed by atoms with Crippen molar-refractivity contribution in [3.05, 3.63) is 23.9 Å². The lowest BCUT2D eigenvalue weighted by atomic mass is 10.1. The monoisotopic (exact) mass is 304 g/mol. The minimum Gasteiger partial charge on any atom is -0.474 e. The van der Waals surface area contributed by atoms with E-state index < -0.39 is 6.10 Å². The number of hydrogen-bond acceptors (Lipinski definition) is 4. The maximum Gasteiger partial charge on any atom is 0.225 e. The highest BCUT2D eigenvalue weighted by atomic mass is 16.5. The molecule has 2 atom stereocenters. The second-order valence-electron chi connectivity index (χ2n) is 6.31. The zero-order chi connectivity index (χ0) is 15.4. The van der Waals surface area contributed by atoms with Crippen LogP contribution in [0, 0.1) is 5.92 Å². The molecule has 0 saturated heterocycles. The topological polar surface area (TPSA) is 71.5 Å². The van der Waals surface area contributed by atoms with E-state index in [0.29, 0.717) is 12.4 Å². The number of hydrogen-bond donors (Lipinski definition) is 2. The van der Waals surface area contributed by atoms with Gasteiger partial charge in [-0.25, -0.2) is 4.98 Å². The Morgan fingerprint density at radius 1 is 1.27 bits per heavy atom. The quantitative estimate of drug-likeness (QED) is 0.874. The second kappa shape index (κ2) is 7.09. The molecule has 2 N–H and O–H groups in total. The predicted octanol–water partition coefficient (Wildman–Crippen LogP) is 2.18. The Hall–Kier alpha value is -1.62. The summed E-state index contributed by atoms with van der Waals surface area (Å²) < 4.78 is 5.97. The maximum atomic E-state index is 12.2. The van der Waals surface area contributed by atoms with Gasteiger partial charge >= 0.3 is 0 Å². The van der Waals surface area contributed by atoms with Crippen LogP contribution < -0.4 is 10.1 Å². The van der Waals surface area contributed by atoms with Gasteiger partial charge in [0.15, 0.2) is 0 Å². The molecule has 2 aliphatic rings. The van der Waals surface area contributed by atoms with Gasteiger partial charge in [-0.15, -0.1) is 0 Å². The minimum atomic E-state index is -0.497. The van der Waals surface area contributed by atoms with Crippen LogP contribution in [0.2, 0.25) is 0 Å². The first-order chi connectivity index (χ1) is 10.7. The van der Waals surface area contributed by atoms with Gasteiger partial charge in [0, 0.05) is 18.3 Å². The normalized spacial score (nSPS) is 25.3. The number of amides is 1. The lowest BCUT2D eigenvalue weighted by Gasteiger charge is -2.17. The van der Waals surface area contributed by atoms with E-state index in [1.807, 2.05) is 12.1 Å². The van der Waals surface area contributed by atoms with Crippen LogP contribution in [0.1, 0.15) is 50.5 Å². The van der Waals surface area contributed by atoms with E-state index >= 15 is 0 Å². The highest BCUT2D eigenvalue weighted by Crippen LogP contribution is 2.27. The Balaban J connectivity index is 1.58. The van der Waals surface area contributed by atoms with Gasteiger partial charge < -0.3 is 15.2 Å². The SMILES string of the molecule is O=C(NCc1cccnc1OC1CCCC1)C1CCCC1O. The lowest BCUT2D eigenvalue weighted by molar-refractivity contribution is -0.127. The fourth-order valence-corrected chi connectivity index (χ4v) is 3.39. The summed E-state index contributed by atoms with van der Waals surface area (Å²) in [6, 6.07) is 3.79. The third-order valence-corrected chi connectivity index (χ3v) is 4.70. The van der Waals surface area contributed by atoms with Crippen molar-refractivity contribution in [3.63, 3.8) is 0 Å². The molecule has 5 nitrogen and oxygen atoms in total. The van der Waals surface area contributed by atoms with Gasteiger partial charge in [0.05, 0.1) is 12.0 Å². The Bertz CT molecular complexity index is 514. The van der Waals surface area contributed by atoms with Crippen molar-refractivity contribution in [2.75, 3.05) is 0 Å².